The molecule has 1 amide bonds. The molecule has 3 N–H and O–H groups in total. The Kier molecular flexibility index (Phi) is 6.08. The number of aryl methyl sites for hydroxylation is 1. The molecule has 3 nitrogen and oxygen atoms in total. The first-order chi connectivity index (χ1) is 7.00. The number of hydrogen-bond acceptors (Lipinski definition) is 2. The molecule has 2 atom stereocenters. The highest BCUT2D eigenvalue weighted by Crippen LogP contribution is 2.12. The largest absolute Gasteiger partial charge is 0.348 e. The Balaban J connectivity index is 0.00000225. The van der Waals surface area contributed by atoms with Gasteiger partial charge in [-0.15, -0.1) is 12.4 Å². The van der Waals surface area contributed by atoms with E-state index in [0.717, 1.165) is 5.56 Å². The maximum absolute atomic E-state index is 11.4. The van der Waals surface area contributed by atoms with Crippen molar-refractivity contribution in [2.45, 2.75) is 32.9 Å². The van der Waals surface area contributed by atoms with Gasteiger partial charge in [-0.05, 0) is 26.3 Å². The molecule has 0 heterocycles. The molecule has 16 heavy (non-hydrogen) atoms. The molecule has 1 aromatic rings. The number of halogens is 1. The first-order valence-electron chi connectivity index (χ1n) is 5.13. The van der Waals surface area contributed by atoms with E-state index in [1.165, 1.54) is 5.56 Å². The fraction of sp³-hybridized carbons (Fsp3) is 0.417. The van der Waals surface area contributed by atoms with Crippen LogP contribution in [0, 0.1) is 6.92 Å². The van der Waals surface area contributed by atoms with E-state index in [-0.39, 0.29) is 24.4 Å². The van der Waals surface area contributed by atoms with Crippen LogP contribution in [0.15, 0.2) is 24.3 Å². The first kappa shape index (κ1) is 14.9. The Bertz CT molecular complexity index is 335. The Labute approximate surface area is 103 Å². The van der Waals surface area contributed by atoms with Crippen molar-refractivity contribution in [1.29, 1.82) is 0 Å². The molecule has 0 spiro atoms. The molecule has 0 aromatic heterocycles. The van der Waals surface area contributed by atoms with Crippen LogP contribution in [0.4, 0.5) is 0 Å². The average Bonchev–Trinajstić information content (AvgIpc) is 2.18. The van der Waals surface area contributed by atoms with Crippen molar-refractivity contribution in [3.63, 3.8) is 0 Å². The average molecular weight is 243 g/mol. The zero-order valence-corrected chi connectivity index (χ0v) is 10.7. The van der Waals surface area contributed by atoms with Gasteiger partial charge in [-0.1, -0.05) is 29.8 Å². The summed E-state index contributed by atoms with van der Waals surface area (Å²) >= 11 is 0. The van der Waals surface area contributed by atoms with Crippen molar-refractivity contribution in [2.75, 3.05) is 0 Å². The number of rotatable bonds is 3. The van der Waals surface area contributed by atoms with Gasteiger partial charge in [-0.2, -0.15) is 0 Å². The minimum Gasteiger partial charge on any atom is -0.348 e. The van der Waals surface area contributed by atoms with Crippen molar-refractivity contribution >= 4 is 18.3 Å². The van der Waals surface area contributed by atoms with Gasteiger partial charge in [-0.25, -0.2) is 0 Å². The second-order valence-corrected chi connectivity index (χ2v) is 3.93. The minimum absolute atomic E-state index is 0. The zero-order valence-electron chi connectivity index (χ0n) is 9.86. The van der Waals surface area contributed by atoms with Crippen LogP contribution in [0.1, 0.15) is 31.0 Å². The molecule has 0 fully saturated rings. The molecule has 0 aliphatic carbocycles. The van der Waals surface area contributed by atoms with Crippen molar-refractivity contribution in [3.05, 3.63) is 35.4 Å². The lowest BCUT2D eigenvalue weighted by molar-refractivity contribution is -0.122. The van der Waals surface area contributed by atoms with E-state index in [1.54, 1.807) is 6.92 Å². The highest BCUT2D eigenvalue weighted by atomic mass is 35.5. The summed E-state index contributed by atoms with van der Waals surface area (Å²) in [5.74, 6) is -0.122. The third-order valence-electron chi connectivity index (χ3n) is 2.35. The van der Waals surface area contributed by atoms with Gasteiger partial charge < -0.3 is 11.1 Å². The number of nitrogens with one attached hydrogen (secondary N) is 1. The maximum Gasteiger partial charge on any atom is 0.237 e. The van der Waals surface area contributed by atoms with Crippen LogP contribution < -0.4 is 11.1 Å². The summed E-state index contributed by atoms with van der Waals surface area (Å²) in [6.07, 6.45) is 0. The molecule has 0 bridgehead atoms. The number of carbonyl (C=O) groups is 1. The molecular weight excluding hydrogens is 224 g/mol. The Morgan fingerprint density at radius 1 is 1.25 bits per heavy atom. The van der Waals surface area contributed by atoms with E-state index >= 15 is 0 Å². The Hall–Kier alpha value is -1.06. The van der Waals surface area contributed by atoms with Crippen LogP contribution in [-0.2, 0) is 4.79 Å². The normalized spacial score (nSPS) is 13.5. The summed E-state index contributed by atoms with van der Waals surface area (Å²) in [7, 11) is 0. The van der Waals surface area contributed by atoms with Crippen molar-refractivity contribution < 1.29 is 4.79 Å². The third-order valence-corrected chi connectivity index (χ3v) is 2.35. The van der Waals surface area contributed by atoms with Gasteiger partial charge in [0.15, 0.2) is 0 Å². The topological polar surface area (TPSA) is 55.1 Å². The summed E-state index contributed by atoms with van der Waals surface area (Å²) in [6.45, 7) is 5.66. The maximum atomic E-state index is 11.4. The van der Waals surface area contributed by atoms with Crippen molar-refractivity contribution in [3.8, 4) is 0 Å². The summed E-state index contributed by atoms with van der Waals surface area (Å²) in [4.78, 5) is 11.4. The summed E-state index contributed by atoms with van der Waals surface area (Å²) in [5, 5.41) is 2.85. The zero-order chi connectivity index (χ0) is 11.4. The molecule has 90 valence electrons. The molecule has 1 aromatic carbocycles. The monoisotopic (exact) mass is 242 g/mol. The number of amides is 1. The SMILES string of the molecule is Cc1ccc(C(C)NC(=O)[C@@H](C)N)cc1.Cl. The van der Waals surface area contributed by atoms with Gasteiger partial charge >= 0.3 is 0 Å². The van der Waals surface area contributed by atoms with Crippen LogP contribution in [0.3, 0.4) is 0 Å². The second-order valence-electron chi connectivity index (χ2n) is 3.93. The van der Waals surface area contributed by atoms with Crippen LogP contribution in [0.25, 0.3) is 0 Å². The predicted octanol–water partition coefficient (Wildman–Crippen LogP) is 1.94. The molecular formula is C12H19ClN2O. The molecule has 0 radical (unpaired) electrons. The highest BCUT2D eigenvalue weighted by molar-refractivity contribution is 5.85. The fourth-order valence-electron chi connectivity index (χ4n) is 1.28. The van der Waals surface area contributed by atoms with Gasteiger partial charge in [0.2, 0.25) is 5.91 Å². The van der Waals surface area contributed by atoms with Gasteiger partial charge in [-0.3, -0.25) is 4.79 Å². The second kappa shape index (κ2) is 6.51. The molecule has 1 unspecified atom stereocenters. The van der Waals surface area contributed by atoms with E-state index in [0.29, 0.717) is 0 Å². The van der Waals surface area contributed by atoms with Crippen molar-refractivity contribution in [1.82, 2.24) is 5.32 Å². The van der Waals surface area contributed by atoms with Gasteiger partial charge in [0, 0.05) is 0 Å². The highest BCUT2D eigenvalue weighted by Gasteiger charge is 2.11. The number of nitrogens with two attached hydrogens (primary N) is 1. The lowest BCUT2D eigenvalue weighted by Crippen LogP contribution is -2.39. The number of hydrogen-bond donors (Lipinski definition) is 2. The van der Waals surface area contributed by atoms with E-state index < -0.39 is 6.04 Å². The predicted molar refractivity (Wildman–Crippen MR) is 68.6 cm³/mol. The first-order valence-corrected chi connectivity index (χ1v) is 5.13. The molecule has 0 aliphatic heterocycles. The Morgan fingerprint density at radius 3 is 2.19 bits per heavy atom. The van der Waals surface area contributed by atoms with E-state index in [9.17, 15) is 4.79 Å². The fourth-order valence-corrected chi connectivity index (χ4v) is 1.28. The van der Waals surface area contributed by atoms with Crippen LogP contribution in [-0.4, -0.2) is 11.9 Å². The van der Waals surface area contributed by atoms with Crippen LogP contribution >= 0.6 is 12.4 Å². The van der Waals surface area contributed by atoms with Crippen LogP contribution in [0.2, 0.25) is 0 Å². The number of benzene rings is 1. The van der Waals surface area contributed by atoms with Gasteiger partial charge in [0.05, 0.1) is 12.1 Å². The summed E-state index contributed by atoms with van der Waals surface area (Å²) < 4.78 is 0. The molecule has 1 rings (SSSR count). The quantitative estimate of drug-likeness (QED) is 0.851. The van der Waals surface area contributed by atoms with Crippen molar-refractivity contribution in [2.24, 2.45) is 5.73 Å². The number of carbonyl (C=O) groups excluding carboxylic acids is 1. The van der Waals surface area contributed by atoms with Crippen LogP contribution in [0.5, 0.6) is 0 Å². The van der Waals surface area contributed by atoms with Gasteiger partial charge in [0.25, 0.3) is 0 Å². The molecule has 0 saturated carbocycles. The van der Waals surface area contributed by atoms with E-state index in [4.69, 9.17) is 5.73 Å². The smallest absolute Gasteiger partial charge is 0.237 e. The summed E-state index contributed by atoms with van der Waals surface area (Å²) in [5.41, 5.74) is 7.78. The molecule has 0 saturated heterocycles. The molecule has 0 aliphatic rings. The standard InChI is InChI=1S/C12H18N2O.ClH/c1-8-4-6-11(7-5-8)10(3)14-12(15)9(2)13;/h4-7,9-10H,13H2,1-3H3,(H,14,15);1H/t9-,10?;/m1./s1. The lowest BCUT2D eigenvalue weighted by atomic mass is 10.1. The third kappa shape index (κ3) is 4.21. The van der Waals surface area contributed by atoms with E-state index in [1.807, 2.05) is 38.1 Å². The minimum atomic E-state index is -0.460. The molecule has 4 heteroatoms. The summed E-state index contributed by atoms with van der Waals surface area (Å²) in [6, 6.07) is 7.64. The lowest BCUT2D eigenvalue weighted by Gasteiger charge is -2.16. The Morgan fingerprint density at radius 2 is 1.75 bits per heavy atom. The van der Waals surface area contributed by atoms with Gasteiger partial charge in [0.1, 0.15) is 0 Å². The van der Waals surface area contributed by atoms with E-state index in [2.05, 4.69) is 5.32 Å².